The van der Waals surface area contributed by atoms with Crippen molar-refractivity contribution in [3.63, 3.8) is 0 Å². The van der Waals surface area contributed by atoms with Crippen LogP contribution in [0.3, 0.4) is 0 Å². The van der Waals surface area contributed by atoms with Gasteiger partial charge in [-0.1, -0.05) is 13.0 Å². The molecule has 0 aliphatic carbocycles. The highest BCUT2D eigenvalue weighted by Gasteiger charge is 2.29. The van der Waals surface area contributed by atoms with Gasteiger partial charge >= 0.3 is 0 Å². The standard InChI is InChI=1S/C14H19N3O3/c1-9-6-16-7-12(9)14(19)17-10-3-2-4-11(5-10)20-8-13(15)18/h2-5,9,12,16H,6-8H2,1H3,(H2,15,18)(H,17,19). The van der Waals surface area contributed by atoms with E-state index >= 15 is 0 Å². The summed E-state index contributed by atoms with van der Waals surface area (Å²) in [5, 5.41) is 6.06. The first-order valence-electron chi connectivity index (χ1n) is 6.59. The molecule has 1 aliphatic rings. The molecule has 2 atom stereocenters. The van der Waals surface area contributed by atoms with Gasteiger partial charge in [-0.25, -0.2) is 0 Å². The Hall–Kier alpha value is -2.08. The van der Waals surface area contributed by atoms with Gasteiger partial charge < -0.3 is 21.1 Å². The van der Waals surface area contributed by atoms with Gasteiger partial charge in [0.05, 0.1) is 5.92 Å². The lowest BCUT2D eigenvalue weighted by Crippen LogP contribution is -2.27. The van der Waals surface area contributed by atoms with Crippen molar-refractivity contribution in [2.75, 3.05) is 25.0 Å². The third-order valence-corrected chi connectivity index (χ3v) is 3.34. The number of carbonyl (C=O) groups excluding carboxylic acids is 2. The fraction of sp³-hybridized carbons (Fsp3) is 0.429. The van der Waals surface area contributed by atoms with E-state index in [2.05, 4.69) is 17.6 Å². The molecule has 2 unspecified atom stereocenters. The number of primary amides is 1. The summed E-state index contributed by atoms with van der Waals surface area (Å²) >= 11 is 0. The molecule has 20 heavy (non-hydrogen) atoms. The first-order chi connectivity index (χ1) is 9.56. The van der Waals surface area contributed by atoms with E-state index in [0.717, 1.165) is 6.54 Å². The van der Waals surface area contributed by atoms with Crippen molar-refractivity contribution in [1.82, 2.24) is 5.32 Å². The van der Waals surface area contributed by atoms with Crippen molar-refractivity contribution >= 4 is 17.5 Å². The van der Waals surface area contributed by atoms with Gasteiger partial charge in [0.2, 0.25) is 5.91 Å². The average molecular weight is 277 g/mol. The molecular formula is C14H19N3O3. The lowest BCUT2D eigenvalue weighted by molar-refractivity contribution is -0.121. The average Bonchev–Trinajstić information content (AvgIpc) is 2.83. The van der Waals surface area contributed by atoms with Crippen LogP contribution in [0.25, 0.3) is 0 Å². The van der Waals surface area contributed by atoms with Crippen molar-refractivity contribution in [3.05, 3.63) is 24.3 Å². The lowest BCUT2D eigenvalue weighted by atomic mass is 9.97. The third-order valence-electron chi connectivity index (χ3n) is 3.34. The minimum absolute atomic E-state index is 0.00505. The molecule has 1 fully saturated rings. The molecule has 2 rings (SSSR count). The van der Waals surface area contributed by atoms with Crippen LogP contribution >= 0.6 is 0 Å². The molecule has 0 spiro atoms. The second-order valence-corrected chi connectivity index (χ2v) is 5.01. The number of ether oxygens (including phenoxy) is 1. The molecule has 1 aromatic carbocycles. The number of nitrogens with two attached hydrogens (primary N) is 1. The Balaban J connectivity index is 1.96. The van der Waals surface area contributed by atoms with E-state index in [0.29, 0.717) is 23.9 Å². The molecule has 4 N–H and O–H groups in total. The zero-order valence-corrected chi connectivity index (χ0v) is 11.4. The van der Waals surface area contributed by atoms with Crippen molar-refractivity contribution in [1.29, 1.82) is 0 Å². The molecule has 0 aromatic heterocycles. The van der Waals surface area contributed by atoms with Gasteiger partial charge in [-0.2, -0.15) is 0 Å². The van der Waals surface area contributed by atoms with Crippen LogP contribution in [0.5, 0.6) is 5.75 Å². The van der Waals surface area contributed by atoms with Gasteiger partial charge in [0, 0.05) is 18.3 Å². The molecule has 1 saturated heterocycles. The number of hydrogen-bond acceptors (Lipinski definition) is 4. The number of carbonyl (C=O) groups is 2. The highest BCUT2D eigenvalue weighted by molar-refractivity contribution is 5.93. The van der Waals surface area contributed by atoms with Crippen LogP contribution in [0.2, 0.25) is 0 Å². The quantitative estimate of drug-likeness (QED) is 0.723. The topological polar surface area (TPSA) is 93.4 Å². The predicted molar refractivity (Wildman–Crippen MR) is 75.3 cm³/mol. The Morgan fingerprint density at radius 1 is 1.45 bits per heavy atom. The molecule has 108 valence electrons. The molecule has 0 radical (unpaired) electrons. The van der Waals surface area contributed by atoms with E-state index in [1.54, 1.807) is 24.3 Å². The number of rotatable bonds is 5. The maximum absolute atomic E-state index is 12.1. The summed E-state index contributed by atoms with van der Waals surface area (Å²) in [4.78, 5) is 22.8. The van der Waals surface area contributed by atoms with Crippen LogP contribution in [0, 0.1) is 11.8 Å². The van der Waals surface area contributed by atoms with E-state index in [9.17, 15) is 9.59 Å². The van der Waals surface area contributed by atoms with Crippen molar-refractivity contribution in [3.8, 4) is 5.75 Å². The summed E-state index contributed by atoms with van der Waals surface area (Å²) < 4.78 is 5.20. The van der Waals surface area contributed by atoms with Crippen LogP contribution in [-0.2, 0) is 9.59 Å². The van der Waals surface area contributed by atoms with Crippen LogP contribution < -0.4 is 21.1 Å². The summed E-state index contributed by atoms with van der Waals surface area (Å²) in [5.74, 6) is 0.258. The Morgan fingerprint density at radius 2 is 2.25 bits per heavy atom. The third kappa shape index (κ3) is 3.71. The van der Waals surface area contributed by atoms with Crippen LogP contribution in [0.4, 0.5) is 5.69 Å². The van der Waals surface area contributed by atoms with Crippen molar-refractivity contribution in [2.24, 2.45) is 17.6 Å². The van der Waals surface area contributed by atoms with Crippen molar-refractivity contribution < 1.29 is 14.3 Å². The highest BCUT2D eigenvalue weighted by Crippen LogP contribution is 2.21. The summed E-state index contributed by atoms with van der Waals surface area (Å²) in [6.45, 7) is 3.43. The van der Waals surface area contributed by atoms with Gasteiger partial charge in [-0.15, -0.1) is 0 Å². The second kappa shape index (κ2) is 6.38. The molecule has 6 heteroatoms. The van der Waals surface area contributed by atoms with Gasteiger partial charge in [0.1, 0.15) is 5.75 Å². The Labute approximate surface area is 117 Å². The summed E-state index contributed by atoms with van der Waals surface area (Å²) in [7, 11) is 0. The van der Waals surface area contributed by atoms with Gasteiger partial charge in [-0.05, 0) is 24.6 Å². The molecule has 0 bridgehead atoms. The summed E-state index contributed by atoms with van der Waals surface area (Å²) in [6, 6.07) is 6.91. The number of hydrogen-bond donors (Lipinski definition) is 3. The molecule has 6 nitrogen and oxygen atoms in total. The van der Waals surface area contributed by atoms with Crippen LogP contribution in [0.15, 0.2) is 24.3 Å². The molecular weight excluding hydrogens is 258 g/mol. The van der Waals surface area contributed by atoms with E-state index in [-0.39, 0.29) is 18.4 Å². The Bertz CT molecular complexity index is 504. The largest absolute Gasteiger partial charge is 0.484 e. The molecule has 1 aliphatic heterocycles. The predicted octanol–water partition coefficient (Wildman–Crippen LogP) is 0.345. The number of benzene rings is 1. The Kier molecular flexibility index (Phi) is 4.57. The normalized spacial score (nSPS) is 21.4. The monoisotopic (exact) mass is 277 g/mol. The lowest BCUT2D eigenvalue weighted by Gasteiger charge is -2.14. The number of amides is 2. The van der Waals surface area contributed by atoms with Crippen molar-refractivity contribution in [2.45, 2.75) is 6.92 Å². The highest BCUT2D eigenvalue weighted by atomic mass is 16.5. The molecule has 1 heterocycles. The number of nitrogens with one attached hydrogen (secondary N) is 2. The van der Waals surface area contributed by atoms with E-state index in [1.165, 1.54) is 0 Å². The Morgan fingerprint density at radius 3 is 2.90 bits per heavy atom. The number of anilines is 1. The van der Waals surface area contributed by atoms with Gasteiger partial charge in [0.25, 0.3) is 5.91 Å². The minimum Gasteiger partial charge on any atom is -0.484 e. The smallest absolute Gasteiger partial charge is 0.255 e. The van der Waals surface area contributed by atoms with E-state index in [1.807, 2.05) is 0 Å². The molecule has 0 saturated carbocycles. The molecule has 1 aromatic rings. The zero-order chi connectivity index (χ0) is 14.5. The fourth-order valence-corrected chi connectivity index (χ4v) is 2.21. The van der Waals surface area contributed by atoms with E-state index < -0.39 is 5.91 Å². The molecule has 2 amide bonds. The maximum atomic E-state index is 12.1. The van der Waals surface area contributed by atoms with Gasteiger partial charge in [-0.3, -0.25) is 9.59 Å². The van der Waals surface area contributed by atoms with Gasteiger partial charge in [0.15, 0.2) is 6.61 Å². The second-order valence-electron chi connectivity index (χ2n) is 5.01. The van der Waals surface area contributed by atoms with E-state index in [4.69, 9.17) is 10.5 Å². The van der Waals surface area contributed by atoms with Crippen LogP contribution in [-0.4, -0.2) is 31.5 Å². The fourth-order valence-electron chi connectivity index (χ4n) is 2.21. The first kappa shape index (κ1) is 14.3. The maximum Gasteiger partial charge on any atom is 0.255 e. The van der Waals surface area contributed by atoms with Crippen LogP contribution in [0.1, 0.15) is 6.92 Å². The minimum atomic E-state index is -0.537. The summed E-state index contributed by atoms with van der Waals surface area (Å²) in [5.41, 5.74) is 5.67. The summed E-state index contributed by atoms with van der Waals surface area (Å²) in [6.07, 6.45) is 0. The zero-order valence-electron chi connectivity index (χ0n) is 11.4. The SMILES string of the molecule is CC1CNCC1C(=O)Nc1cccc(OCC(N)=O)c1. The first-order valence-corrected chi connectivity index (χ1v) is 6.59.